The van der Waals surface area contributed by atoms with Crippen molar-refractivity contribution in [3.05, 3.63) is 12.2 Å². The summed E-state index contributed by atoms with van der Waals surface area (Å²) in [5, 5.41) is 0. The zero-order chi connectivity index (χ0) is 10.9. The van der Waals surface area contributed by atoms with Gasteiger partial charge in [-0.05, 0) is 33.6 Å². The molecule has 80 valence electrons. The van der Waals surface area contributed by atoms with E-state index in [1.807, 2.05) is 20.8 Å². The lowest BCUT2D eigenvalue weighted by molar-refractivity contribution is 0.0189. The molecular formula is C11H19NO2. The van der Waals surface area contributed by atoms with Crippen molar-refractivity contribution in [2.75, 3.05) is 7.05 Å². The first kappa shape index (κ1) is 11.1. The first-order valence-corrected chi connectivity index (χ1v) is 4.92. The molecule has 0 bridgehead atoms. The number of carbonyl (C=O) groups excluding carboxylic acids is 1. The highest BCUT2D eigenvalue weighted by atomic mass is 16.6. The van der Waals surface area contributed by atoms with Crippen LogP contribution in [0.25, 0.3) is 0 Å². The zero-order valence-electron chi connectivity index (χ0n) is 9.46. The van der Waals surface area contributed by atoms with Crippen LogP contribution < -0.4 is 0 Å². The SMILES string of the molecule is C=C1CC(N(C)C(=O)OC(C)(C)C)C1. The lowest BCUT2D eigenvalue weighted by Gasteiger charge is -2.37. The number of rotatable bonds is 1. The van der Waals surface area contributed by atoms with E-state index in [4.69, 9.17) is 4.74 Å². The fraction of sp³-hybridized carbons (Fsp3) is 0.727. The number of amides is 1. The van der Waals surface area contributed by atoms with E-state index in [-0.39, 0.29) is 12.1 Å². The van der Waals surface area contributed by atoms with Gasteiger partial charge < -0.3 is 9.64 Å². The molecule has 0 aromatic rings. The molecule has 0 spiro atoms. The van der Waals surface area contributed by atoms with Gasteiger partial charge in [0.15, 0.2) is 0 Å². The molecule has 0 atom stereocenters. The van der Waals surface area contributed by atoms with Crippen molar-refractivity contribution in [1.29, 1.82) is 0 Å². The Morgan fingerprint density at radius 1 is 1.50 bits per heavy atom. The van der Waals surface area contributed by atoms with E-state index in [1.54, 1.807) is 11.9 Å². The van der Waals surface area contributed by atoms with Gasteiger partial charge in [0.1, 0.15) is 5.60 Å². The van der Waals surface area contributed by atoms with Crippen molar-refractivity contribution in [3.8, 4) is 0 Å². The van der Waals surface area contributed by atoms with Crippen LogP contribution in [0.3, 0.4) is 0 Å². The Morgan fingerprint density at radius 2 is 2.00 bits per heavy atom. The van der Waals surface area contributed by atoms with Gasteiger partial charge in [-0.2, -0.15) is 0 Å². The molecule has 1 amide bonds. The van der Waals surface area contributed by atoms with E-state index < -0.39 is 5.60 Å². The number of hydrogen-bond acceptors (Lipinski definition) is 2. The number of carbonyl (C=O) groups is 1. The van der Waals surface area contributed by atoms with Crippen LogP contribution in [0.1, 0.15) is 33.6 Å². The predicted octanol–water partition coefficient (Wildman–Crippen LogP) is 2.57. The van der Waals surface area contributed by atoms with Crippen molar-refractivity contribution in [2.24, 2.45) is 0 Å². The summed E-state index contributed by atoms with van der Waals surface area (Å²) in [5.74, 6) is 0. The van der Waals surface area contributed by atoms with Crippen LogP contribution in [0.2, 0.25) is 0 Å². The maximum atomic E-state index is 11.6. The van der Waals surface area contributed by atoms with Crippen molar-refractivity contribution >= 4 is 6.09 Å². The minimum atomic E-state index is -0.411. The number of hydrogen-bond donors (Lipinski definition) is 0. The second-order valence-electron chi connectivity index (χ2n) is 4.90. The van der Waals surface area contributed by atoms with Crippen LogP contribution in [-0.2, 0) is 4.74 Å². The average molecular weight is 197 g/mol. The highest BCUT2D eigenvalue weighted by molar-refractivity contribution is 5.68. The van der Waals surface area contributed by atoms with Crippen LogP contribution in [0, 0.1) is 0 Å². The van der Waals surface area contributed by atoms with E-state index in [0.717, 1.165) is 12.8 Å². The monoisotopic (exact) mass is 197 g/mol. The quantitative estimate of drug-likeness (QED) is 0.605. The Balaban J connectivity index is 2.41. The van der Waals surface area contributed by atoms with E-state index >= 15 is 0 Å². The van der Waals surface area contributed by atoms with Crippen LogP contribution in [-0.4, -0.2) is 29.7 Å². The summed E-state index contributed by atoms with van der Waals surface area (Å²) in [7, 11) is 1.78. The smallest absolute Gasteiger partial charge is 0.410 e. The van der Waals surface area contributed by atoms with Crippen LogP contribution in [0.15, 0.2) is 12.2 Å². The summed E-state index contributed by atoms with van der Waals surface area (Å²) in [4.78, 5) is 13.2. The fourth-order valence-corrected chi connectivity index (χ4v) is 1.36. The largest absolute Gasteiger partial charge is 0.444 e. The van der Waals surface area contributed by atoms with Gasteiger partial charge in [0.25, 0.3) is 0 Å². The molecule has 0 saturated heterocycles. The zero-order valence-corrected chi connectivity index (χ0v) is 9.46. The molecule has 0 heterocycles. The summed E-state index contributed by atoms with van der Waals surface area (Å²) in [5.41, 5.74) is 0.803. The molecule has 0 unspecified atom stereocenters. The highest BCUT2D eigenvalue weighted by Gasteiger charge is 2.30. The topological polar surface area (TPSA) is 29.5 Å². The van der Waals surface area contributed by atoms with Gasteiger partial charge in [-0.25, -0.2) is 4.79 Å². The molecule has 0 aromatic carbocycles. The first-order chi connectivity index (χ1) is 6.29. The Labute approximate surface area is 85.7 Å². The highest BCUT2D eigenvalue weighted by Crippen LogP contribution is 2.29. The molecule has 0 N–H and O–H groups in total. The van der Waals surface area contributed by atoms with Crippen molar-refractivity contribution in [1.82, 2.24) is 4.90 Å². The Kier molecular flexibility index (Phi) is 2.88. The van der Waals surface area contributed by atoms with Crippen molar-refractivity contribution in [3.63, 3.8) is 0 Å². The molecule has 1 aliphatic rings. The third-order valence-corrected chi connectivity index (χ3v) is 2.28. The van der Waals surface area contributed by atoms with Gasteiger partial charge in [-0.15, -0.1) is 0 Å². The van der Waals surface area contributed by atoms with Crippen molar-refractivity contribution in [2.45, 2.75) is 45.3 Å². The van der Waals surface area contributed by atoms with E-state index in [9.17, 15) is 4.79 Å². The molecule has 0 aliphatic heterocycles. The lowest BCUT2D eigenvalue weighted by Crippen LogP contribution is -2.44. The molecule has 1 rings (SSSR count). The molecule has 1 aliphatic carbocycles. The van der Waals surface area contributed by atoms with E-state index in [1.165, 1.54) is 5.57 Å². The maximum absolute atomic E-state index is 11.6. The normalized spacial score (nSPS) is 17.6. The Morgan fingerprint density at radius 3 is 2.36 bits per heavy atom. The molecule has 14 heavy (non-hydrogen) atoms. The van der Waals surface area contributed by atoms with Crippen LogP contribution in [0.4, 0.5) is 4.79 Å². The second kappa shape index (κ2) is 3.64. The molecule has 3 heteroatoms. The van der Waals surface area contributed by atoms with Crippen molar-refractivity contribution < 1.29 is 9.53 Å². The molecule has 0 radical (unpaired) electrons. The summed E-state index contributed by atoms with van der Waals surface area (Å²) in [6.07, 6.45) is 1.58. The van der Waals surface area contributed by atoms with E-state index in [0.29, 0.717) is 0 Å². The molecule has 3 nitrogen and oxygen atoms in total. The minimum absolute atomic E-state index is 0.241. The summed E-state index contributed by atoms with van der Waals surface area (Å²) in [6.45, 7) is 9.47. The molecular weight excluding hydrogens is 178 g/mol. The molecule has 0 aromatic heterocycles. The molecule has 1 saturated carbocycles. The van der Waals surface area contributed by atoms with Gasteiger partial charge >= 0.3 is 6.09 Å². The van der Waals surface area contributed by atoms with Crippen LogP contribution >= 0.6 is 0 Å². The van der Waals surface area contributed by atoms with Gasteiger partial charge in [0, 0.05) is 13.1 Å². The Hall–Kier alpha value is -0.990. The third kappa shape index (κ3) is 2.76. The molecule has 1 fully saturated rings. The average Bonchev–Trinajstić information content (AvgIpc) is 1.94. The maximum Gasteiger partial charge on any atom is 0.410 e. The second-order valence-corrected chi connectivity index (χ2v) is 4.90. The van der Waals surface area contributed by atoms with Gasteiger partial charge in [0.2, 0.25) is 0 Å². The van der Waals surface area contributed by atoms with Crippen LogP contribution in [0.5, 0.6) is 0 Å². The standard InChI is InChI=1S/C11H19NO2/c1-8-6-9(7-8)12(5)10(13)14-11(2,3)4/h9H,1,6-7H2,2-5H3. The summed E-state index contributed by atoms with van der Waals surface area (Å²) >= 11 is 0. The van der Waals surface area contributed by atoms with Gasteiger partial charge in [-0.1, -0.05) is 12.2 Å². The fourth-order valence-electron chi connectivity index (χ4n) is 1.36. The minimum Gasteiger partial charge on any atom is -0.444 e. The van der Waals surface area contributed by atoms with E-state index in [2.05, 4.69) is 6.58 Å². The number of nitrogens with zero attached hydrogens (tertiary/aromatic N) is 1. The first-order valence-electron chi connectivity index (χ1n) is 4.92. The lowest BCUT2D eigenvalue weighted by atomic mass is 9.87. The predicted molar refractivity (Wildman–Crippen MR) is 56.2 cm³/mol. The summed E-state index contributed by atoms with van der Waals surface area (Å²) < 4.78 is 5.25. The number of ether oxygens (including phenoxy) is 1. The van der Waals surface area contributed by atoms with Gasteiger partial charge in [-0.3, -0.25) is 0 Å². The third-order valence-electron chi connectivity index (χ3n) is 2.28. The Bertz CT molecular complexity index is 245. The van der Waals surface area contributed by atoms with Gasteiger partial charge in [0.05, 0.1) is 0 Å². The summed E-state index contributed by atoms with van der Waals surface area (Å²) in [6, 6.07) is 0.289.